The maximum absolute atomic E-state index is 5.66. The van der Waals surface area contributed by atoms with Gasteiger partial charge in [-0.15, -0.1) is 11.6 Å². The normalized spacial score (nSPS) is 8.45. The lowest BCUT2D eigenvalue weighted by molar-refractivity contribution is 1.38. The van der Waals surface area contributed by atoms with Crippen LogP contribution < -0.4 is 6.15 Å². The standard InChI is InChI=1S/C9H9Cl.H3N/c1-2-8-5-3-4-6-9(8)7-10;/h2-6H,1,7H2;1H3. The fraction of sp³-hybridized carbons (Fsp3) is 0.111. The van der Waals surface area contributed by atoms with Crippen molar-refractivity contribution < 1.29 is 0 Å². The minimum Gasteiger partial charge on any atom is -0.344 e. The van der Waals surface area contributed by atoms with E-state index in [4.69, 9.17) is 11.6 Å². The highest BCUT2D eigenvalue weighted by Gasteiger charge is 1.93. The molecule has 0 fully saturated rings. The molecule has 0 aliphatic carbocycles. The summed E-state index contributed by atoms with van der Waals surface area (Å²) in [5.41, 5.74) is 2.26. The van der Waals surface area contributed by atoms with Crippen molar-refractivity contribution in [2.45, 2.75) is 5.88 Å². The number of benzene rings is 1. The van der Waals surface area contributed by atoms with E-state index in [0.29, 0.717) is 5.88 Å². The van der Waals surface area contributed by atoms with Crippen LogP contribution in [0.5, 0.6) is 0 Å². The average Bonchev–Trinajstić information content (AvgIpc) is 2.04. The average molecular weight is 170 g/mol. The van der Waals surface area contributed by atoms with Crippen molar-refractivity contribution in [3.8, 4) is 0 Å². The molecular formula is C9H12ClN. The molecule has 60 valence electrons. The monoisotopic (exact) mass is 169 g/mol. The van der Waals surface area contributed by atoms with Crippen molar-refractivity contribution in [1.82, 2.24) is 6.15 Å². The first kappa shape index (κ1) is 10.2. The van der Waals surface area contributed by atoms with Crippen molar-refractivity contribution in [1.29, 1.82) is 0 Å². The molecule has 2 heteroatoms. The second-order valence-electron chi connectivity index (χ2n) is 2.04. The van der Waals surface area contributed by atoms with Crippen LogP contribution in [-0.2, 0) is 5.88 Å². The predicted octanol–water partition coefficient (Wildman–Crippen LogP) is 3.23. The Labute approximate surface area is 72.3 Å². The summed E-state index contributed by atoms with van der Waals surface area (Å²) in [7, 11) is 0. The van der Waals surface area contributed by atoms with Crippen molar-refractivity contribution in [3.63, 3.8) is 0 Å². The first-order valence-electron chi connectivity index (χ1n) is 3.15. The van der Waals surface area contributed by atoms with Gasteiger partial charge in [0.05, 0.1) is 0 Å². The van der Waals surface area contributed by atoms with Gasteiger partial charge in [0.15, 0.2) is 0 Å². The van der Waals surface area contributed by atoms with Crippen LogP contribution in [0.1, 0.15) is 11.1 Å². The van der Waals surface area contributed by atoms with Gasteiger partial charge in [-0.25, -0.2) is 0 Å². The molecule has 1 nitrogen and oxygen atoms in total. The van der Waals surface area contributed by atoms with Gasteiger partial charge >= 0.3 is 0 Å². The number of alkyl halides is 1. The van der Waals surface area contributed by atoms with E-state index in [9.17, 15) is 0 Å². The third-order valence-corrected chi connectivity index (χ3v) is 1.71. The maximum Gasteiger partial charge on any atom is 0.0479 e. The number of rotatable bonds is 2. The van der Waals surface area contributed by atoms with E-state index in [1.54, 1.807) is 0 Å². The van der Waals surface area contributed by atoms with Crippen LogP contribution in [0.4, 0.5) is 0 Å². The minimum absolute atomic E-state index is 0. The third kappa shape index (κ3) is 2.37. The lowest BCUT2D eigenvalue weighted by Gasteiger charge is -1.98. The highest BCUT2D eigenvalue weighted by Crippen LogP contribution is 2.11. The summed E-state index contributed by atoms with van der Waals surface area (Å²) < 4.78 is 0. The molecule has 1 aromatic carbocycles. The Morgan fingerprint density at radius 2 is 2.00 bits per heavy atom. The van der Waals surface area contributed by atoms with Crippen LogP contribution in [0, 0.1) is 0 Å². The first-order valence-corrected chi connectivity index (χ1v) is 3.68. The summed E-state index contributed by atoms with van der Waals surface area (Å²) in [5.74, 6) is 0.558. The van der Waals surface area contributed by atoms with Crippen LogP contribution in [0.3, 0.4) is 0 Å². The quantitative estimate of drug-likeness (QED) is 0.678. The number of hydrogen-bond acceptors (Lipinski definition) is 1. The van der Waals surface area contributed by atoms with E-state index >= 15 is 0 Å². The van der Waals surface area contributed by atoms with E-state index in [2.05, 4.69) is 6.58 Å². The molecule has 0 atom stereocenters. The van der Waals surface area contributed by atoms with Crippen LogP contribution in [0.2, 0.25) is 0 Å². The van der Waals surface area contributed by atoms with E-state index in [1.807, 2.05) is 30.3 Å². The summed E-state index contributed by atoms with van der Waals surface area (Å²) in [6.45, 7) is 3.68. The highest BCUT2D eigenvalue weighted by atomic mass is 35.5. The fourth-order valence-corrected chi connectivity index (χ4v) is 1.10. The number of halogens is 1. The zero-order chi connectivity index (χ0) is 7.40. The Bertz CT molecular complexity index is 233. The topological polar surface area (TPSA) is 35.0 Å². The molecular weight excluding hydrogens is 158 g/mol. The molecule has 0 bridgehead atoms. The Hall–Kier alpha value is -0.790. The van der Waals surface area contributed by atoms with Gasteiger partial charge in [0, 0.05) is 5.88 Å². The molecule has 3 N–H and O–H groups in total. The van der Waals surface area contributed by atoms with Gasteiger partial charge in [-0.05, 0) is 11.1 Å². The lowest BCUT2D eigenvalue weighted by Crippen LogP contribution is -1.81. The SMILES string of the molecule is C=Cc1ccccc1CCl.N. The summed E-state index contributed by atoms with van der Waals surface area (Å²) >= 11 is 5.66. The first-order chi connectivity index (χ1) is 4.88. The molecule has 0 heterocycles. The molecule has 0 amide bonds. The predicted molar refractivity (Wildman–Crippen MR) is 51.1 cm³/mol. The number of hydrogen-bond donors (Lipinski definition) is 1. The summed E-state index contributed by atoms with van der Waals surface area (Å²) in [6, 6.07) is 7.96. The van der Waals surface area contributed by atoms with Crippen LogP contribution in [0.25, 0.3) is 6.08 Å². The van der Waals surface area contributed by atoms with Gasteiger partial charge in [-0.1, -0.05) is 36.9 Å². The Morgan fingerprint density at radius 3 is 2.45 bits per heavy atom. The summed E-state index contributed by atoms with van der Waals surface area (Å²) in [6.07, 6.45) is 1.82. The van der Waals surface area contributed by atoms with Gasteiger partial charge in [0.2, 0.25) is 0 Å². The Balaban J connectivity index is 0.000001000. The van der Waals surface area contributed by atoms with Gasteiger partial charge in [-0.2, -0.15) is 0 Å². The Morgan fingerprint density at radius 1 is 1.36 bits per heavy atom. The molecule has 0 spiro atoms. The molecule has 0 unspecified atom stereocenters. The molecule has 1 aromatic rings. The molecule has 11 heavy (non-hydrogen) atoms. The van der Waals surface area contributed by atoms with Gasteiger partial charge in [0.25, 0.3) is 0 Å². The molecule has 0 radical (unpaired) electrons. The van der Waals surface area contributed by atoms with Crippen molar-refractivity contribution in [3.05, 3.63) is 42.0 Å². The lowest BCUT2D eigenvalue weighted by atomic mass is 10.1. The molecule has 0 aromatic heterocycles. The zero-order valence-electron chi connectivity index (χ0n) is 6.39. The van der Waals surface area contributed by atoms with E-state index in [0.717, 1.165) is 11.1 Å². The largest absolute Gasteiger partial charge is 0.344 e. The van der Waals surface area contributed by atoms with Crippen LogP contribution in [-0.4, -0.2) is 0 Å². The van der Waals surface area contributed by atoms with Crippen molar-refractivity contribution >= 4 is 17.7 Å². The van der Waals surface area contributed by atoms with E-state index < -0.39 is 0 Å². The van der Waals surface area contributed by atoms with E-state index in [-0.39, 0.29) is 6.15 Å². The summed E-state index contributed by atoms with van der Waals surface area (Å²) in [5, 5.41) is 0. The molecule has 0 aliphatic heterocycles. The van der Waals surface area contributed by atoms with Crippen LogP contribution >= 0.6 is 11.6 Å². The van der Waals surface area contributed by atoms with Gasteiger partial charge in [0.1, 0.15) is 0 Å². The fourth-order valence-electron chi connectivity index (χ4n) is 0.855. The van der Waals surface area contributed by atoms with E-state index in [1.165, 1.54) is 0 Å². The Kier molecular flexibility index (Phi) is 4.59. The second kappa shape index (κ2) is 4.94. The maximum atomic E-state index is 5.66. The summed E-state index contributed by atoms with van der Waals surface area (Å²) in [4.78, 5) is 0. The van der Waals surface area contributed by atoms with Crippen LogP contribution in [0.15, 0.2) is 30.8 Å². The second-order valence-corrected chi connectivity index (χ2v) is 2.30. The molecule has 0 saturated carbocycles. The highest BCUT2D eigenvalue weighted by molar-refractivity contribution is 6.17. The third-order valence-electron chi connectivity index (χ3n) is 1.42. The van der Waals surface area contributed by atoms with Gasteiger partial charge in [-0.3, -0.25) is 0 Å². The molecule has 0 aliphatic rings. The zero-order valence-corrected chi connectivity index (χ0v) is 7.14. The molecule has 1 rings (SSSR count). The van der Waals surface area contributed by atoms with Gasteiger partial charge < -0.3 is 6.15 Å². The van der Waals surface area contributed by atoms with Crippen molar-refractivity contribution in [2.24, 2.45) is 0 Å². The van der Waals surface area contributed by atoms with Crippen molar-refractivity contribution in [2.75, 3.05) is 0 Å². The minimum atomic E-state index is 0. The molecule has 0 saturated heterocycles. The smallest absolute Gasteiger partial charge is 0.0479 e.